The fourth-order valence-corrected chi connectivity index (χ4v) is 1.77. The van der Waals surface area contributed by atoms with E-state index in [1.807, 2.05) is 19.9 Å². The zero-order valence-corrected chi connectivity index (χ0v) is 10.6. The van der Waals surface area contributed by atoms with E-state index in [9.17, 15) is 4.79 Å². The number of pyridine rings is 1. The molecule has 18 heavy (non-hydrogen) atoms. The minimum atomic E-state index is -0.342. The third-order valence-corrected chi connectivity index (χ3v) is 2.52. The van der Waals surface area contributed by atoms with E-state index in [2.05, 4.69) is 4.98 Å². The van der Waals surface area contributed by atoms with Crippen molar-refractivity contribution >= 4 is 16.9 Å². The first-order chi connectivity index (χ1) is 8.63. The molecule has 0 bridgehead atoms. The van der Waals surface area contributed by atoms with Crippen LogP contribution in [0.2, 0.25) is 0 Å². The molecule has 1 heterocycles. The second-order valence-corrected chi connectivity index (χ2v) is 4.17. The molecule has 4 nitrogen and oxygen atoms in total. The van der Waals surface area contributed by atoms with Crippen LogP contribution in [0.3, 0.4) is 0 Å². The minimum Gasteiger partial charge on any atom is -0.494 e. The quantitative estimate of drug-likeness (QED) is 0.780. The van der Waals surface area contributed by atoms with E-state index in [1.165, 1.54) is 0 Å². The average Bonchev–Trinajstić information content (AvgIpc) is 2.36. The van der Waals surface area contributed by atoms with Gasteiger partial charge in [0.25, 0.3) is 0 Å². The number of hydrogen-bond donors (Lipinski definition) is 0. The van der Waals surface area contributed by atoms with E-state index in [0.717, 1.165) is 5.39 Å². The Balaban J connectivity index is 2.56. The van der Waals surface area contributed by atoms with E-state index >= 15 is 0 Å². The lowest BCUT2D eigenvalue weighted by molar-refractivity contribution is 0.0380. The molecule has 0 spiro atoms. The first-order valence-corrected chi connectivity index (χ1v) is 5.76. The van der Waals surface area contributed by atoms with Gasteiger partial charge in [-0.05, 0) is 32.0 Å². The van der Waals surface area contributed by atoms with E-state index in [-0.39, 0.29) is 12.1 Å². The number of nitrogens with zero attached hydrogens (tertiary/aromatic N) is 1. The largest absolute Gasteiger partial charge is 0.494 e. The molecule has 0 amide bonds. The maximum absolute atomic E-state index is 12.0. The summed E-state index contributed by atoms with van der Waals surface area (Å²) in [5.74, 6) is 0.303. The van der Waals surface area contributed by atoms with Crippen molar-refractivity contribution in [3.63, 3.8) is 0 Å². The van der Waals surface area contributed by atoms with Crippen molar-refractivity contribution in [3.05, 3.63) is 36.0 Å². The van der Waals surface area contributed by atoms with E-state index in [4.69, 9.17) is 9.47 Å². The molecule has 0 aliphatic rings. The summed E-state index contributed by atoms with van der Waals surface area (Å²) in [6.07, 6.45) is 1.52. The number of carbonyl (C=O) groups is 1. The van der Waals surface area contributed by atoms with Crippen molar-refractivity contribution in [1.29, 1.82) is 0 Å². The summed E-state index contributed by atoms with van der Waals surface area (Å²) >= 11 is 0. The number of fused-ring (bicyclic) bond motifs is 1. The molecule has 2 rings (SSSR count). The molecular weight excluding hydrogens is 230 g/mol. The smallest absolute Gasteiger partial charge is 0.339 e. The Morgan fingerprint density at radius 1 is 1.28 bits per heavy atom. The lowest BCUT2D eigenvalue weighted by Gasteiger charge is -2.11. The fourth-order valence-electron chi connectivity index (χ4n) is 1.77. The van der Waals surface area contributed by atoms with Crippen molar-refractivity contribution in [3.8, 4) is 5.75 Å². The Kier molecular flexibility index (Phi) is 3.46. The molecule has 2 aromatic rings. The Labute approximate surface area is 106 Å². The summed E-state index contributed by atoms with van der Waals surface area (Å²) in [6, 6.07) is 7.05. The van der Waals surface area contributed by atoms with Gasteiger partial charge in [-0.3, -0.25) is 4.98 Å². The number of carbonyl (C=O) groups excluding carboxylic acids is 1. The topological polar surface area (TPSA) is 48.4 Å². The summed E-state index contributed by atoms with van der Waals surface area (Å²) in [5, 5.41) is 0.738. The molecule has 0 N–H and O–H groups in total. The van der Waals surface area contributed by atoms with Crippen molar-refractivity contribution in [2.45, 2.75) is 20.0 Å². The highest BCUT2D eigenvalue weighted by Crippen LogP contribution is 2.26. The monoisotopic (exact) mass is 245 g/mol. The van der Waals surface area contributed by atoms with Gasteiger partial charge >= 0.3 is 5.97 Å². The molecule has 0 aliphatic carbocycles. The van der Waals surface area contributed by atoms with Gasteiger partial charge in [0.2, 0.25) is 0 Å². The van der Waals surface area contributed by atoms with E-state index in [1.54, 1.807) is 31.5 Å². The number of benzene rings is 1. The second-order valence-electron chi connectivity index (χ2n) is 4.17. The number of ether oxygens (including phenoxy) is 2. The van der Waals surface area contributed by atoms with Gasteiger partial charge in [-0.1, -0.05) is 6.07 Å². The zero-order chi connectivity index (χ0) is 13.1. The molecule has 0 radical (unpaired) electrons. The molecule has 0 saturated carbocycles. The second kappa shape index (κ2) is 5.04. The summed E-state index contributed by atoms with van der Waals surface area (Å²) in [5.41, 5.74) is 1.17. The Morgan fingerprint density at radius 2 is 2.06 bits per heavy atom. The molecule has 4 heteroatoms. The third kappa shape index (κ3) is 2.27. The molecule has 0 atom stereocenters. The molecule has 0 fully saturated rings. The molecule has 0 saturated heterocycles. The van der Waals surface area contributed by atoms with Gasteiger partial charge in [0.05, 0.1) is 18.8 Å². The molecule has 94 valence electrons. The number of methoxy groups -OCH3 is 1. The summed E-state index contributed by atoms with van der Waals surface area (Å²) < 4.78 is 10.4. The summed E-state index contributed by atoms with van der Waals surface area (Å²) in [6.45, 7) is 3.64. The van der Waals surface area contributed by atoms with Gasteiger partial charge in [-0.15, -0.1) is 0 Å². The highest BCUT2D eigenvalue weighted by atomic mass is 16.5. The third-order valence-electron chi connectivity index (χ3n) is 2.52. The lowest BCUT2D eigenvalue weighted by Crippen LogP contribution is -2.12. The summed E-state index contributed by atoms with van der Waals surface area (Å²) in [4.78, 5) is 16.2. The van der Waals surface area contributed by atoms with Crippen LogP contribution < -0.4 is 4.74 Å². The van der Waals surface area contributed by atoms with Gasteiger partial charge in [0, 0.05) is 11.6 Å². The number of hydrogen-bond acceptors (Lipinski definition) is 4. The maximum Gasteiger partial charge on any atom is 0.339 e. The van der Waals surface area contributed by atoms with Crippen molar-refractivity contribution in [2.75, 3.05) is 7.11 Å². The molecular formula is C14H15NO3. The molecule has 0 unspecified atom stereocenters. The van der Waals surface area contributed by atoms with Gasteiger partial charge in [0.1, 0.15) is 11.3 Å². The van der Waals surface area contributed by atoms with Crippen LogP contribution in [-0.2, 0) is 4.74 Å². The maximum atomic E-state index is 12.0. The Morgan fingerprint density at radius 3 is 2.72 bits per heavy atom. The standard InChI is InChI=1S/C14H15NO3/c1-9(2)18-14(16)11-6-7-12(17-3)13-10(11)5-4-8-15-13/h4-9H,1-3H3. The van der Waals surface area contributed by atoms with Crippen LogP contribution in [0.1, 0.15) is 24.2 Å². The predicted octanol–water partition coefficient (Wildman–Crippen LogP) is 2.81. The van der Waals surface area contributed by atoms with Crippen molar-refractivity contribution in [2.24, 2.45) is 0 Å². The first kappa shape index (κ1) is 12.4. The lowest BCUT2D eigenvalue weighted by atomic mass is 10.1. The number of esters is 1. The SMILES string of the molecule is COc1ccc(C(=O)OC(C)C)c2cccnc12. The summed E-state index contributed by atoms with van der Waals surface area (Å²) in [7, 11) is 1.58. The van der Waals surface area contributed by atoms with Crippen molar-refractivity contribution in [1.82, 2.24) is 4.98 Å². The van der Waals surface area contributed by atoms with Crippen LogP contribution in [0.4, 0.5) is 0 Å². The highest BCUT2D eigenvalue weighted by molar-refractivity contribution is 6.05. The first-order valence-electron chi connectivity index (χ1n) is 5.76. The van der Waals surface area contributed by atoms with Gasteiger partial charge in [0.15, 0.2) is 0 Å². The molecule has 0 aliphatic heterocycles. The zero-order valence-electron chi connectivity index (χ0n) is 10.6. The van der Waals surface area contributed by atoms with Crippen LogP contribution in [0.25, 0.3) is 10.9 Å². The normalized spacial score (nSPS) is 10.7. The Hall–Kier alpha value is -2.10. The molecule has 1 aromatic carbocycles. The van der Waals surface area contributed by atoms with Gasteiger partial charge in [-0.25, -0.2) is 4.79 Å². The van der Waals surface area contributed by atoms with E-state index < -0.39 is 0 Å². The Bertz CT molecular complexity index is 578. The number of aromatic nitrogens is 1. The van der Waals surface area contributed by atoms with Crippen LogP contribution >= 0.6 is 0 Å². The van der Waals surface area contributed by atoms with Crippen LogP contribution in [0, 0.1) is 0 Å². The van der Waals surface area contributed by atoms with Gasteiger partial charge < -0.3 is 9.47 Å². The predicted molar refractivity (Wildman–Crippen MR) is 68.8 cm³/mol. The van der Waals surface area contributed by atoms with Crippen LogP contribution in [-0.4, -0.2) is 24.2 Å². The average molecular weight is 245 g/mol. The van der Waals surface area contributed by atoms with Crippen LogP contribution in [0.5, 0.6) is 5.75 Å². The van der Waals surface area contributed by atoms with Crippen LogP contribution in [0.15, 0.2) is 30.5 Å². The highest BCUT2D eigenvalue weighted by Gasteiger charge is 2.15. The van der Waals surface area contributed by atoms with Gasteiger partial charge in [-0.2, -0.15) is 0 Å². The van der Waals surface area contributed by atoms with Crippen molar-refractivity contribution < 1.29 is 14.3 Å². The minimum absolute atomic E-state index is 0.147. The molecule has 1 aromatic heterocycles. The fraction of sp³-hybridized carbons (Fsp3) is 0.286. The van der Waals surface area contributed by atoms with E-state index in [0.29, 0.717) is 16.8 Å². The number of rotatable bonds is 3.